The van der Waals surface area contributed by atoms with Gasteiger partial charge in [0, 0.05) is 36.1 Å². The highest BCUT2D eigenvalue weighted by molar-refractivity contribution is 6.43. The maximum Gasteiger partial charge on any atom is 0.248 e. The number of rotatable bonds is 5. The van der Waals surface area contributed by atoms with Gasteiger partial charge < -0.3 is 19.4 Å². The first-order valence-corrected chi connectivity index (χ1v) is 10.3. The summed E-state index contributed by atoms with van der Waals surface area (Å²) in [6.07, 6.45) is 3.04. The Kier molecular flexibility index (Phi) is 6.43. The normalized spacial score (nSPS) is 14.3. The number of hydrogen-bond acceptors (Lipinski definition) is 4. The SMILES string of the molecule is O=C(/C=C/c1ccc(-c2cccc(Cl)c2Cl)o1)Nc1ccc(N2CCOCC2)cc1. The Balaban J connectivity index is 1.37. The van der Waals surface area contributed by atoms with E-state index in [4.69, 9.17) is 32.4 Å². The zero-order valence-corrected chi connectivity index (χ0v) is 17.6. The summed E-state index contributed by atoms with van der Waals surface area (Å²) in [4.78, 5) is 14.5. The lowest BCUT2D eigenvalue weighted by molar-refractivity contribution is -0.111. The lowest BCUT2D eigenvalue weighted by atomic mass is 10.2. The number of carbonyl (C=O) groups is 1. The Hall–Kier alpha value is -2.73. The van der Waals surface area contributed by atoms with Crippen molar-refractivity contribution < 1.29 is 13.9 Å². The zero-order valence-electron chi connectivity index (χ0n) is 16.1. The molecule has 1 aliphatic heterocycles. The van der Waals surface area contributed by atoms with Crippen LogP contribution in [0.25, 0.3) is 17.4 Å². The third-order valence-electron chi connectivity index (χ3n) is 4.75. The van der Waals surface area contributed by atoms with Crippen molar-refractivity contribution in [3.05, 3.63) is 76.5 Å². The molecule has 5 nitrogen and oxygen atoms in total. The number of ether oxygens (including phenoxy) is 1. The second-order valence-corrected chi connectivity index (χ2v) is 7.56. The molecule has 1 saturated heterocycles. The molecule has 1 fully saturated rings. The van der Waals surface area contributed by atoms with Crippen molar-refractivity contribution >= 4 is 46.6 Å². The summed E-state index contributed by atoms with van der Waals surface area (Å²) in [5.41, 5.74) is 2.55. The number of halogens is 2. The highest BCUT2D eigenvalue weighted by atomic mass is 35.5. The first-order chi connectivity index (χ1) is 14.6. The van der Waals surface area contributed by atoms with E-state index in [2.05, 4.69) is 10.2 Å². The van der Waals surface area contributed by atoms with Crippen LogP contribution in [-0.4, -0.2) is 32.2 Å². The molecule has 0 bridgehead atoms. The molecule has 0 radical (unpaired) electrons. The number of nitrogens with one attached hydrogen (secondary N) is 1. The largest absolute Gasteiger partial charge is 0.457 e. The van der Waals surface area contributed by atoms with E-state index in [1.165, 1.54) is 6.08 Å². The molecule has 1 aromatic heterocycles. The lowest BCUT2D eigenvalue weighted by Crippen LogP contribution is -2.36. The number of nitrogens with zero attached hydrogens (tertiary/aromatic N) is 1. The van der Waals surface area contributed by atoms with Gasteiger partial charge in [-0.25, -0.2) is 0 Å². The first kappa shape index (κ1) is 20.5. The Bertz CT molecular complexity index is 1050. The van der Waals surface area contributed by atoms with Crippen LogP contribution in [0.4, 0.5) is 11.4 Å². The fourth-order valence-electron chi connectivity index (χ4n) is 3.20. The van der Waals surface area contributed by atoms with Gasteiger partial charge in [0.15, 0.2) is 0 Å². The van der Waals surface area contributed by atoms with E-state index in [0.717, 1.165) is 37.7 Å². The Morgan fingerprint density at radius 1 is 1.00 bits per heavy atom. The summed E-state index contributed by atoms with van der Waals surface area (Å²) in [6.45, 7) is 3.22. The topological polar surface area (TPSA) is 54.7 Å². The molecular weight excluding hydrogens is 423 g/mol. The third-order valence-corrected chi connectivity index (χ3v) is 5.57. The number of benzene rings is 2. The monoisotopic (exact) mass is 442 g/mol. The standard InChI is InChI=1S/C23H20Cl2N2O3/c24-20-3-1-2-19(23(20)25)21-10-8-18(30-21)9-11-22(28)26-16-4-6-17(7-5-16)27-12-14-29-15-13-27/h1-11H,12-15H2,(H,26,28)/b11-9+. The van der Waals surface area contributed by atoms with Crippen molar-refractivity contribution in [1.82, 2.24) is 0 Å². The molecule has 4 rings (SSSR count). The molecule has 2 heterocycles. The zero-order chi connectivity index (χ0) is 20.9. The summed E-state index contributed by atoms with van der Waals surface area (Å²) in [5, 5.41) is 3.74. The van der Waals surface area contributed by atoms with Crippen LogP contribution in [0.2, 0.25) is 10.0 Å². The van der Waals surface area contributed by atoms with E-state index in [1.54, 1.807) is 30.3 Å². The summed E-state index contributed by atoms with van der Waals surface area (Å²) < 4.78 is 11.1. The van der Waals surface area contributed by atoms with Crippen LogP contribution in [0.1, 0.15) is 5.76 Å². The van der Waals surface area contributed by atoms with Crippen LogP contribution in [0.5, 0.6) is 0 Å². The molecule has 0 saturated carbocycles. The summed E-state index contributed by atoms with van der Waals surface area (Å²) >= 11 is 12.3. The minimum atomic E-state index is -0.243. The van der Waals surface area contributed by atoms with Crippen molar-refractivity contribution in [2.45, 2.75) is 0 Å². The van der Waals surface area contributed by atoms with Crippen molar-refractivity contribution in [1.29, 1.82) is 0 Å². The van der Waals surface area contributed by atoms with Crippen LogP contribution in [-0.2, 0) is 9.53 Å². The molecule has 154 valence electrons. The summed E-state index contributed by atoms with van der Waals surface area (Å²) in [5.74, 6) is 0.882. The van der Waals surface area contributed by atoms with Crippen molar-refractivity contribution in [2.24, 2.45) is 0 Å². The molecule has 0 unspecified atom stereocenters. The predicted octanol–water partition coefficient (Wildman–Crippen LogP) is 5.74. The maximum absolute atomic E-state index is 12.2. The van der Waals surface area contributed by atoms with Crippen LogP contribution >= 0.6 is 23.2 Å². The van der Waals surface area contributed by atoms with Gasteiger partial charge in [-0.2, -0.15) is 0 Å². The molecule has 2 aromatic carbocycles. The Labute approximate surface area is 184 Å². The van der Waals surface area contributed by atoms with Gasteiger partial charge in [0.05, 0.1) is 23.3 Å². The third kappa shape index (κ3) is 4.87. The van der Waals surface area contributed by atoms with Crippen molar-refractivity contribution in [3.63, 3.8) is 0 Å². The van der Waals surface area contributed by atoms with Crippen LogP contribution in [0.3, 0.4) is 0 Å². The number of amides is 1. The van der Waals surface area contributed by atoms with Gasteiger partial charge in [-0.1, -0.05) is 29.3 Å². The highest BCUT2D eigenvalue weighted by Gasteiger charge is 2.12. The number of hydrogen-bond donors (Lipinski definition) is 1. The van der Waals surface area contributed by atoms with E-state index in [-0.39, 0.29) is 5.91 Å². The first-order valence-electron chi connectivity index (χ1n) is 9.56. The summed E-state index contributed by atoms with van der Waals surface area (Å²) in [7, 11) is 0. The van der Waals surface area contributed by atoms with Crippen LogP contribution < -0.4 is 10.2 Å². The molecule has 7 heteroatoms. The second-order valence-electron chi connectivity index (χ2n) is 6.77. The van der Waals surface area contributed by atoms with Crippen molar-refractivity contribution in [3.8, 4) is 11.3 Å². The van der Waals surface area contributed by atoms with E-state index in [0.29, 0.717) is 27.1 Å². The molecule has 3 aromatic rings. The van der Waals surface area contributed by atoms with Gasteiger partial charge in [0.2, 0.25) is 5.91 Å². The van der Waals surface area contributed by atoms with E-state index in [1.807, 2.05) is 30.3 Å². The van der Waals surface area contributed by atoms with Crippen molar-refractivity contribution in [2.75, 3.05) is 36.5 Å². The Morgan fingerprint density at radius 3 is 2.53 bits per heavy atom. The predicted molar refractivity (Wildman–Crippen MR) is 121 cm³/mol. The molecule has 1 N–H and O–H groups in total. The van der Waals surface area contributed by atoms with Gasteiger partial charge in [-0.15, -0.1) is 0 Å². The fourth-order valence-corrected chi connectivity index (χ4v) is 3.59. The van der Waals surface area contributed by atoms with E-state index in [9.17, 15) is 4.79 Å². The molecule has 1 amide bonds. The van der Waals surface area contributed by atoms with Crippen LogP contribution in [0.15, 0.2) is 65.1 Å². The van der Waals surface area contributed by atoms with E-state index < -0.39 is 0 Å². The van der Waals surface area contributed by atoms with Gasteiger partial charge in [0.1, 0.15) is 11.5 Å². The smallest absolute Gasteiger partial charge is 0.248 e. The van der Waals surface area contributed by atoms with Gasteiger partial charge in [-0.05, 0) is 54.6 Å². The molecule has 0 atom stereocenters. The van der Waals surface area contributed by atoms with Gasteiger partial charge in [-0.3, -0.25) is 4.79 Å². The molecular formula is C23H20Cl2N2O3. The fraction of sp³-hybridized carbons (Fsp3) is 0.174. The van der Waals surface area contributed by atoms with Crippen LogP contribution in [0, 0.1) is 0 Å². The lowest BCUT2D eigenvalue weighted by Gasteiger charge is -2.28. The average Bonchev–Trinajstić information content (AvgIpc) is 3.24. The molecule has 1 aliphatic rings. The highest BCUT2D eigenvalue weighted by Crippen LogP contribution is 2.34. The number of carbonyl (C=O) groups excluding carboxylic acids is 1. The average molecular weight is 443 g/mol. The molecule has 0 aliphatic carbocycles. The molecule has 30 heavy (non-hydrogen) atoms. The molecule has 0 spiro atoms. The number of morpholine rings is 1. The summed E-state index contributed by atoms with van der Waals surface area (Å²) in [6, 6.07) is 16.7. The number of furan rings is 1. The maximum atomic E-state index is 12.2. The minimum Gasteiger partial charge on any atom is -0.457 e. The Morgan fingerprint density at radius 2 is 1.77 bits per heavy atom. The van der Waals surface area contributed by atoms with E-state index >= 15 is 0 Å². The number of anilines is 2. The minimum absolute atomic E-state index is 0.243. The second kappa shape index (κ2) is 9.39. The quantitative estimate of drug-likeness (QED) is 0.511. The van der Waals surface area contributed by atoms with Gasteiger partial charge in [0.25, 0.3) is 0 Å². The van der Waals surface area contributed by atoms with Gasteiger partial charge >= 0.3 is 0 Å².